The van der Waals surface area contributed by atoms with E-state index in [1.807, 2.05) is 0 Å². The summed E-state index contributed by atoms with van der Waals surface area (Å²) in [6, 6.07) is 32.3. The summed E-state index contributed by atoms with van der Waals surface area (Å²) in [4.78, 5) is 0. The second kappa shape index (κ2) is 7.63. The van der Waals surface area contributed by atoms with Crippen LogP contribution in [0, 0.1) is 0 Å². The normalized spacial score (nSPS) is 10.1. The SMILES string of the molecule is [Sb].c1ccc(P(c2ccccc2)c2ccccc2)cc1. The first-order valence-corrected chi connectivity index (χ1v) is 7.74. The minimum Gasteiger partial charge on any atom is -0.0622 e. The van der Waals surface area contributed by atoms with E-state index in [4.69, 9.17) is 0 Å². The van der Waals surface area contributed by atoms with Gasteiger partial charge in [0.1, 0.15) is 0 Å². The van der Waals surface area contributed by atoms with Gasteiger partial charge in [-0.1, -0.05) is 91.0 Å². The monoisotopic (exact) mass is 383 g/mol. The van der Waals surface area contributed by atoms with Crippen molar-refractivity contribution in [3.05, 3.63) is 91.0 Å². The van der Waals surface area contributed by atoms with Gasteiger partial charge in [-0.3, -0.25) is 0 Å². The Kier molecular flexibility index (Phi) is 5.83. The van der Waals surface area contributed by atoms with Gasteiger partial charge in [-0.05, 0) is 23.8 Å². The molecule has 3 aromatic carbocycles. The molecular weight excluding hydrogens is 369 g/mol. The summed E-state index contributed by atoms with van der Waals surface area (Å²) >= 11 is 0. The van der Waals surface area contributed by atoms with Crippen molar-refractivity contribution in [3.63, 3.8) is 0 Å². The van der Waals surface area contributed by atoms with Gasteiger partial charge in [-0.2, -0.15) is 0 Å². The quantitative estimate of drug-likeness (QED) is 0.481. The summed E-state index contributed by atoms with van der Waals surface area (Å²) in [5.74, 6) is 0. The van der Waals surface area contributed by atoms with Gasteiger partial charge in [-0.25, -0.2) is 0 Å². The molecule has 0 N–H and O–H groups in total. The van der Waals surface area contributed by atoms with E-state index < -0.39 is 7.92 Å². The Hall–Kier alpha value is -1.09. The van der Waals surface area contributed by atoms with E-state index in [-0.39, 0.29) is 24.4 Å². The molecule has 3 rings (SSSR count). The average Bonchev–Trinajstić information content (AvgIpc) is 2.51. The van der Waals surface area contributed by atoms with Crippen LogP contribution in [0.1, 0.15) is 0 Å². The molecule has 97 valence electrons. The summed E-state index contributed by atoms with van der Waals surface area (Å²) in [5, 5.41) is 4.19. The van der Waals surface area contributed by atoms with E-state index in [0.717, 1.165) is 0 Å². The van der Waals surface area contributed by atoms with Crippen molar-refractivity contribution >= 4 is 48.3 Å². The summed E-state index contributed by atoms with van der Waals surface area (Å²) in [7, 11) is -0.446. The van der Waals surface area contributed by atoms with Crippen LogP contribution in [-0.2, 0) is 0 Å². The predicted octanol–water partition coefficient (Wildman–Crippen LogP) is 3.06. The molecule has 0 aromatic heterocycles. The molecule has 0 saturated heterocycles. The maximum atomic E-state index is 2.23. The van der Waals surface area contributed by atoms with Crippen LogP contribution in [0.3, 0.4) is 0 Å². The van der Waals surface area contributed by atoms with Crippen LogP contribution in [0.4, 0.5) is 0 Å². The fraction of sp³-hybridized carbons (Fsp3) is 0. The van der Waals surface area contributed by atoms with Crippen molar-refractivity contribution in [1.29, 1.82) is 0 Å². The molecule has 0 atom stereocenters. The van der Waals surface area contributed by atoms with E-state index in [0.29, 0.717) is 0 Å². The molecule has 0 heterocycles. The van der Waals surface area contributed by atoms with E-state index in [2.05, 4.69) is 91.0 Å². The largest absolute Gasteiger partial charge is 0.0622 e. The molecule has 3 aromatic rings. The third-order valence-electron chi connectivity index (χ3n) is 3.04. The topological polar surface area (TPSA) is 0 Å². The molecule has 0 aliphatic carbocycles. The first-order valence-electron chi connectivity index (χ1n) is 6.40. The molecule has 20 heavy (non-hydrogen) atoms. The van der Waals surface area contributed by atoms with Crippen molar-refractivity contribution in [2.24, 2.45) is 0 Å². The second-order valence-corrected chi connectivity index (χ2v) is 6.56. The second-order valence-electron chi connectivity index (χ2n) is 4.34. The minimum absolute atomic E-state index is 0. The van der Waals surface area contributed by atoms with E-state index in [9.17, 15) is 0 Å². The zero-order valence-electron chi connectivity index (χ0n) is 11.1. The van der Waals surface area contributed by atoms with E-state index in [1.165, 1.54) is 15.9 Å². The van der Waals surface area contributed by atoms with Crippen LogP contribution in [0.5, 0.6) is 0 Å². The third-order valence-corrected chi connectivity index (χ3v) is 5.49. The van der Waals surface area contributed by atoms with Gasteiger partial charge in [0.15, 0.2) is 0 Å². The molecule has 0 aliphatic rings. The number of benzene rings is 3. The van der Waals surface area contributed by atoms with Gasteiger partial charge in [0.2, 0.25) is 0 Å². The van der Waals surface area contributed by atoms with Gasteiger partial charge in [0.05, 0.1) is 0 Å². The van der Waals surface area contributed by atoms with Gasteiger partial charge in [-0.15, -0.1) is 0 Å². The maximum absolute atomic E-state index is 2.23. The standard InChI is InChI=1S/C18H15P.Sb/c1-4-10-16(11-5-1)19(17-12-6-2-7-13-17)18-14-8-3-9-15-18;/h1-15H;. The summed E-state index contributed by atoms with van der Waals surface area (Å²) < 4.78 is 0. The van der Waals surface area contributed by atoms with Crippen LogP contribution in [0.2, 0.25) is 0 Å². The third kappa shape index (κ3) is 3.51. The van der Waals surface area contributed by atoms with E-state index in [1.54, 1.807) is 0 Å². The number of hydrogen-bond acceptors (Lipinski definition) is 0. The molecule has 0 saturated carbocycles. The Balaban J connectivity index is 0.00000147. The molecule has 2 heteroatoms. The van der Waals surface area contributed by atoms with Crippen LogP contribution in [-0.4, -0.2) is 24.4 Å². The Morgan fingerprint density at radius 2 is 0.650 bits per heavy atom. The first-order chi connectivity index (χ1) is 9.45. The Bertz CT molecular complexity index is 529. The molecule has 0 aliphatic heterocycles. The first kappa shape index (κ1) is 15.3. The van der Waals surface area contributed by atoms with Crippen molar-refractivity contribution in [2.45, 2.75) is 0 Å². The van der Waals surface area contributed by atoms with Gasteiger partial charge >= 0.3 is 0 Å². The average molecular weight is 384 g/mol. The molecule has 0 spiro atoms. The van der Waals surface area contributed by atoms with Gasteiger partial charge in [0, 0.05) is 24.4 Å². The molecule has 0 bridgehead atoms. The maximum Gasteiger partial charge on any atom is 0 e. The summed E-state index contributed by atoms with van der Waals surface area (Å²) in [6.45, 7) is 0. The smallest absolute Gasteiger partial charge is 0 e. The van der Waals surface area contributed by atoms with Crippen molar-refractivity contribution in [1.82, 2.24) is 0 Å². The van der Waals surface area contributed by atoms with Crippen molar-refractivity contribution in [3.8, 4) is 0 Å². The fourth-order valence-corrected chi connectivity index (χ4v) is 4.48. The molecule has 0 unspecified atom stereocenters. The Morgan fingerprint density at radius 1 is 0.400 bits per heavy atom. The van der Waals surface area contributed by atoms with Gasteiger partial charge < -0.3 is 0 Å². The van der Waals surface area contributed by atoms with Crippen molar-refractivity contribution < 1.29 is 0 Å². The number of rotatable bonds is 3. The molecule has 0 fully saturated rings. The molecule has 3 radical (unpaired) electrons. The number of hydrogen-bond donors (Lipinski definition) is 0. The van der Waals surface area contributed by atoms with Crippen LogP contribution < -0.4 is 15.9 Å². The van der Waals surface area contributed by atoms with Crippen LogP contribution >= 0.6 is 7.92 Å². The molecule has 0 nitrogen and oxygen atoms in total. The fourth-order valence-electron chi connectivity index (χ4n) is 2.18. The van der Waals surface area contributed by atoms with Crippen LogP contribution in [0.15, 0.2) is 91.0 Å². The predicted molar refractivity (Wildman–Crippen MR) is 90.9 cm³/mol. The molecular formula is C18H15PSb. The Labute approximate surface area is 139 Å². The van der Waals surface area contributed by atoms with Crippen LogP contribution in [0.25, 0.3) is 0 Å². The summed E-state index contributed by atoms with van der Waals surface area (Å²) in [5.41, 5.74) is 0. The minimum atomic E-state index is -0.446. The Morgan fingerprint density at radius 3 is 0.900 bits per heavy atom. The van der Waals surface area contributed by atoms with Crippen molar-refractivity contribution in [2.75, 3.05) is 0 Å². The zero-order chi connectivity index (χ0) is 12.9. The summed E-state index contributed by atoms with van der Waals surface area (Å²) in [6.07, 6.45) is 0. The molecule has 0 amide bonds. The van der Waals surface area contributed by atoms with Gasteiger partial charge in [0.25, 0.3) is 0 Å². The van der Waals surface area contributed by atoms with E-state index >= 15 is 0 Å². The zero-order valence-corrected chi connectivity index (χ0v) is 14.5.